The molecule has 0 aliphatic carbocycles. The Hall–Kier alpha value is -1.06. The standard InChI is InChI=1S/C13H17NO2/c1-9-2-3-13-10(4-9)5-12(16-13)6-14-11-7-15-8-11/h2-4,11-12,14H,5-8H2,1H3. The van der Waals surface area contributed by atoms with Gasteiger partial charge >= 0.3 is 0 Å². The van der Waals surface area contributed by atoms with Crippen molar-refractivity contribution in [1.29, 1.82) is 0 Å². The zero-order chi connectivity index (χ0) is 11.0. The summed E-state index contributed by atoms with van der Waals surface area (Å²) in [6.07, 6.45) is 1.31. The van der Waals surface area contributed by atoms with Crippen LogP contribution in [0.1, 0.15) is 11.1 Å². The fourth-order valence-corrected chi connectivity index (χ4v) is 2.21. The SMILES string of the molecule is Cc1ccc2c(c1)CC(CNC1COC1)O2. The van der Waals surface area contributed by atoms with E-state index in [0.717, 1.165) is 31.9 Å². The smallest absolute Gasteiger partial charge is 0.123 e. The molecular formula is C13H17NO2. The van der Waals surface area contributed by atoms with Crippen LogP contribution in [0.3, 0.4) is 0 Å². The van der Waals surface area contributed by atoms with E-state index in [1.165, 1.54) is 11.1 Å². The van der Waals surface area contributed by atoms with E-state index in [4.69, 9.17) is 9.47 Å². The lowest BCUT2D eigenvalue weighted by Gasteiger charge is -2.28. The highest BCUT2D eigenvalue weighted by molar-refractivity contribution is 5.40. The molecule has 0 radical (unpaired) electrons. The van der Waals surface area contributed by atoms with Crippen molar-refractivity contribution in [2.45, 2.75) is 25.5 Å². The van der Waals surface area contributed by atoms with Crippen LogP contribution < -0.4 is 10.1 Å². The van der Waals surface area contributed by atoms with Gasteiger partial charge in [0, 0.05) is 13.0 Å². The number of nitrogens with one attached hydrogen (secondary N) is 1. The summed E-state index contributed by atoms with van der Waals surface area (Å²) in [6, 6.07) is 6.95. The molecule has 1 N–H and O–H groups in total. The van der Waals surface area contributed by atoms with E-state index in [9.17, 15) is 0 Å². The second kappa shape index (κ2) is 4.07. The maximum atomic E-state index is 5.88. The molecule has 2 heterocycles. The van der Waals surface area contributed by atoms with Gasteiger partial charge in [0.25, 0.3) is 0 Å². The second-order valence-electron chi connectivity index (χ2n) is 4.70. The minimum Gasteiger partial charge on any atom is -0.488 e. The van der Waals surface area contributed by atoms with E-state index in [-0.39, 0.29) is 6.10 Å². The first-order valence-corrected chi connectivity index (χ1v) is 5.88. The predicted octanol–water partition coefficient (Wildman–Crippen LogP) is 1.29. The number of aryl methyl sites for hydroxylation is 1. The average molecular weight is 219 g/mol. The summed E-state index contributed by atoms with van der Waals surface area (Å²) in [5, 5.41) is 3.46. The van der Waals surface area contributed by atoms with Crippen LogP contribution in [-0.4, -0.2) is 31.9 Å². The van der Waals surface area contributed by atoms with Crippen molar-refractivity contribution >= 4 is 0 Å². The zero-order valence-corrected chi connectivity index (χ0v) is 9.53. The molecule has 1 saturated heterocycles. The summed E-state index contributed by atoms with van der Waals surface area (Å²) in [6.45, 7) is 4.73. The second-order valence-corrected chi connectivity index (χ2v) is 4.70. The van der Waals surface area contributed by atoms with E-state index >= 15 is 0 Å². The molecule has 0 amide bonds. The van der Waals surface area contributed by atoms with Gasteiger partial charge in [0.2, 0.25) is 0 Å². The molecule has 3 nitrogen and oxygen atoms in total. The Morgan fingerprint density at radius 1 is 1.38 bits per heavy atom. The summed E-state index contributed by atoms with van der Waals surface area (Å²) >= 11 is 0. The zero-order valence-electron chi connectivity index (χ0n) is 9.53. The Kier molecular flexibility index (Phi) is 2.58. The lowest BCUT2D eigenvalue weighted by molar-refractivity contribution is -0.00810. The molecule has 0 saturated carbocycles. The van der Waals surface area contributed by atoms with E-state index in [1.54, 1.807) is 0 Å². The third-order valence-corrected chi connectivity index (χ3v) is 3.23. The van der Waals surface area contributed by atoms with Gasteiger partial charge < -0.3 is 14.8 Å². The molecule has 0 spiro atoms. The number of hydrogen-bond donors (Lipinski definition) is 1. The van der Waals surface area contributed by atoms with Crippen LogP contribution in [0.5, 0.6) is 5.75 Å². The molecule has 1 aromatic rings. The highest BCUT2D eigenvalue weighted by Gasteiger charge is 2.25. The summed E-state index contributed by atoms with van der Waals surface area (Å²) in [7, 11) is 0. The number of ether oxygens (including phenoxy) is 2. The Bertz CT molecular complexity index is 388. The Morgan fingerprint density at radius 2 is 2.25 bits per heavy atom. The van der Waals surface area contributed by atoms with Gasteiger partial charge in [0.15, 0.2) is 0 Å². The van der Waals surface area contributed by atoms with Crippen LogP contribution in [0.2, 0.25) is 0 Å². The third-order valence-electron chi connectivity index (χ3n) is 3.23. The number of hydrogen-bond acceptors (Lipinski definition) is 3. The molecule has 0 bridgehead atoms. The molecule has 3 heteroatoms. The fourth-order valence-electron chi connectivity index (χ4n) is 2.21. The molecule has 1 fully saturated rings. The third kappa shape index (κ3) is 1.93. The molecule has 1 aromatic carbocycles. The Labute approximate surface area is 95.8 Å². The first-order chi connectivity index (χ1) is 7.81. The van der Waals surface area contributed by atoms with Crippen LogP contribution in [0.15, 0.2) is 18.2 Å². The summed E-state index contributed by atoms with van der Waals surface area (Å²) in [4.78, 5) is 0. The molecule has 16 heavy (non-hydrogen) atoms. The van der Waals surface area contributed by atoms with Gasteiger partial charge in [-0.3, -0.25) is 0 Å². The number of rotatable bonds is 3. The van der Waals surface area contributed by atoms with Crippen LogP contribution in [0.25, 0.3) is 0 Å². The van der Waals surface area contributed by atoms with Crippen LogP contribution >= 0.6 is 0 Å². The number of benzene rings is 1. The van der Waals surface area contributed by atoms with E-state index in [2.05, 4.69) is 30.4 Å². The minimum absolute atomic E-state index is 0.289. The molecule has 86 valence electrons. The molecule has 1 unspecified atom stereocenters. The van der Waals surface area contributed by atoms with Crippen LogP contribution in [-0.2, 0) is 11.2 Å². The summed E-state index contributed by atoms with van der Waals surface area (Å²) < 4.78 is 11.0. The summed E-state index contributed by atoms with van der Waals surface area (Å²) in [5.74, 6) is 1.06. The molecular weight excluding hydrogens is 202 g/mol. The van der Waals surface area contributed by atoms with E-state index in [1.807, 2.05) is 0 Å². The lowest BCUT2D eigenvalue weighted by atomic mass is 10.1. The fraction of sp³-hybridized carbons (Fsp3) is 0.538. The molecule has 1 atom stereocenters. The monoisotopic (exact) mass is 219 g/mol. The first-order valence-electron chi connectivity index (χ1n) is 5.88. The molecule has 3 rings (SSSR count). The van der Waals surface area contributed by atoms with Crippen molar-refractivity contribution < 1.29 is 9.47 Å². The van der Waals surface area contributed by atoms with E-state index < -0.39 is 0 Å². The Balaban J connectivity index is 1.57. The topological polar surface area (TPSA) is 30.5 Å². The molecule has 0 aromatic heterocycles. The van der Waals surface area contributed by atoms with Gasteiger partial charge in [0.05, 0.1) is 19.3 Å². The van der Waals surface area contributed by atoms with Crippen LogP contribution in [0, 0.1) is 6.92 Å². The van der Waals surface area contributed by atoms with Gasteiger partial charge in [0.1, 0.15) is 11.9 Å². The highest BCUT2D eigenvalue weighted by atomic mass is 16.5. The predicted molar refractivity (Wildman–Crippen MR) is 61.9 cm³/mol. The number of fused-ring (bicyclic) bond motifs is 1. The first kappa shape index (κ1) is 10.1. The summed E-state index contributed by atoms with van der Waals surface area (Å²) in [5.41, 5.74) is 2.65. The minimum atomic E-state index is 0.289. The quantitative estimate of drug-likeness (QED) is 0.831. The van der Waals surface area contributed by atoms with Crippen molar-refractivity contribution in [3.8, 4) is 5.75 Å². The van der Waals surface area contributed by atoms with Crippen molar-refractivity contribution in [3.63, 3.8) is 0 Å². The maximum Gasteiger partial charge on any atom is 0.123 e. The molecule has 2 aliphatic rings. The Morgan fingerprint density at radius 3 is 3.00 bits per heavy atom. The largest absolute Gasteiger partial charge is 0.488 e. The average Bonchev–Trinajstić information content (AvgIpc) is 2.57. The van der Waals surface area contributed by atoms with E-state index in [0.29, 0.717) is 6.04 Å². The van der Waals surface area contributed by atoms with Crippen molar-refractivity contribution in [2.24, 2.45) is 0 Å². The van der Waals surface area contributed by atoms with Crippen molar-refractivity contribution in [1.82, 2.24) is 5.32 Å². The lowest BCUT2D eigenvalue weighted by Crippen LogP contribution is -2.49. The van der Waals surface area contributed by atoms with Crippen molar-refractivity contribution in [2.75, 3.05) is 19.8 Å². The van der Waals surface area contributed by atoms with Crippen molar-refractivity contribution in [3.05, 3.63) is 29.3 Å². The normalized spacial score (nSPS) is 23.7. The van der Waals surface area contributed by atoms with Gasteiger partial charge in [-0.05, 0) is 18.6 Å². The van der Waals surface area contributed by atoms with Crippen LogP contribution in [0.4, 0.5) is 0 Å². The maximum absolute atomic E-state index is 5.88. The van der Waals surface area contributed by atoms with Gasteiger partial charge in [-0.2, -0.15) is 0 Å². The molecule has 2 aliphatic heterocycles. The van der Waals surface area contributed by atoms with Gasteiger partial charge in [-0.1, -0.05) is 17.7 Å². The van der Waals surface area contributed by atoms with Gasteiger partial charge in [-0.15, -0.1) is 0 Å². The van der Waals surface area contributed by atoms with Gasteiger partial charge in [-0.25, -0.2) is 0 Å². The highest BCUT2D eigenvalue weighted by Crippen LogP contribution is 2.29.